The van der Waals surface area contributed by atoms with Crippen LogP contribution in [-0.2, 0) is 13.7 Å². The van der Waals surface area contributed by atoms with E-state index < -0.39 is 0 Å². The van der Waals surface area contributed by atoms with Gasteiger partial charge in [0.15, 0.2) is 5.15 Å². The normalized spacial score (nSPS) is 10.1. The molecule has 0 bridgehead atoms. The maximum atomic E-state index is 8.61. The van der Waals surface area contributed by atoms with Gasteiger partial charge in [-0.05, 0) is 0 Å². The lowest BCUT2D eigenvalue weighted by atomic mass is 10.5. The molecule has 0 aliphatic rings. The van der Waals surface area contributed by atoms with Gasteiger partial charge in [-0.2, -0.15) is 5.10 Å². The van der Waals surface area contributed by atoms with E-state index in [1.54, 1.807) is 17.8 Å². The monoisotopic (exact) mass is 146 g/mol. The topological polar surface area (TPSA) is 38.0 Å². The third-order valence-corrected chi connectivity index (χ3v) is 1.29. The molecule has 50 valence electrons. The molecule has 0 saturated carbocycles. The highest BCUT2D eigenvalue weighted by molar-refractivity contribution is 6.29. The van der Waals surface area contributed by atoms with Crippen molar-refractivity contribution in [1.82, 2.24) is 9.78 Å². The van der Waals surface area contributed by atoms with Crippen molar-refractivity contribution in [2.45, 2.75) is 6.61 Å². The van der Waals surface area contributed by atoms with E-state index in [9.17, 15) is 0 Å². The molecule has 0 radical (unpaired) electrons. The Morgan fingerprint density at radius 1 is 1.89 bits per heavy atom. The van der Waals surface area contributed by atoms with E-state index in [2.05, 4.69) is 5.10 Å². The lowest BCUT2D eigenvalue weighted by molar-refractivity contribution is 0.270. The highest BCUT2D eigenvalue weighted by Gasteiger charge is 1.98. The quantitative estimate of drug-likeness (QED) is 0.629. The smallest absolute Gasteiger partial charge is 0.151 e. The van der Waals surface area contributed by atoms with Crippen LogP contribution in [0.25, 0.3) is 0 Å². The molecular formula is C5H7ClN2O. The van der Waals surface area contributed by atoms with Crippen LogP contribution in [0, 0.1) is 0 Å². The zero-order chi connectivity index (χ0) is 6.85. The van der Waals surface area contributed by atoms with E-state index >= 15 is 0 Å². The Hall–Kier alpha value is -0.540. The van der Waals surface area contributed by atoms with Crippen LogP contribution in [0.1, 0.15) is 5.69 Å². The predicted molar refractivity (Wildman–Crippen MR) is 34.1 cm³/mol. The van der Waals surface area contributed by atoms with Crippen molar-refractivity contribution in [3.8, 4) is 0 Å². The molecule has 0 atom stereocenters. The average molecular weight is 147 g/mol. The summed E-state index contributed by atoms with van der Waals surface area (Å²) in [4.78, 5) is 0. The maximum Gasteiger partial charge on any atom is 0.151 e. The summed E-state index contributed by atoms with van der Waals surface area (Å²) in [5, 5.41) is 12.8. The fraction of sp³-hybridized carbons (Fsp3) is 0.400. The molecule has 0 spiro atoms. The second-order valence-corrected chi connectivity index (χ2v) is 2.13. The second-order valence-electron chi connectivity index (χ2n) is 1.74. The fourth-order valence-corrected chi connectivity index (χ4v) is 0.855. The van der Waals surface area contributed by atoms with E-state index in [0.29, 0.717) is 5.15 Å². The molecule has 0 unspecified atom stereocenters. The molecule has 0 aromatic carbocycles. The molecule has 0 saturated heterocycles. The summed E-state index contributed by atoms with van der Waals surface area (Å²) >= 11 is 5.50. The first kappa shape index (κ1) is 6.58. The Bertz CT molecular complexity index is 209. The lowest BCUT2D eigenvalue weighted by Crippen LogP contribution is -1.96. The van der Waals surface area contributed by atoms with Crippen molar-refractivity contribution < 1.29 is 5.11 Å². The zero-order valence-corrected chi connectivity index (χ0v) is 5.76. The van der Waals surface area contributed by atoms with Crippen molar-refractivity contribution in [3.63, 3.8) is 0 Å². The number of aliphatic hydroxyl groups is 1. The minimum Gasteiger partial charge on any atom is -0.390 e. The highest BCUT2D eigenvalue weighted by Crippen LogP contribution is 2.07. The van der Waals surface area contributed by atoms with Gasteiger partial charge >= 0.3 is 0 Å². The van der Waals surface area contributed by atoms with Crippen LogP contribution in [0.5, 0.6) is 0 Å². The third kappa shape index (κ3) is 1.23. The zero-order valence-electron chi connectivity index (χ0n) is 5.00. The van der Waals surface area contributed by atoms with Crippen LogP contribution in [0.2, 0.25) is 5.15 Å². The van der Waals surface area contributed by atoms with E-state index in [0.717, 1.165) is 5.69 Å². The van der Waals surface area contributed by atoms with E-state index in [-0.39, 0.29) is 6.61 Å². The summed E-state index contributed by atoms with van der Waals surface area (Å²) in [6.07, 6.45) is 0. The van der Waals surface area contributed by atoms with Gasteiger partial charge < -0.3 is 5.11 Å². The van der Waals surface area contributed by atoms with Crippen LogP contribution in [-0.4, -0.2) is 14.9 Å². The van der Waals surface area contributed by atoms with Gasteiger partial charge in [0.1, 0.15) is 0 Å². The number of rotatable bonds is 1. The van der Waals surface area contributed by atoms with Crippen LogP contribution in [0.3, 0.4) is 0 Å². The van der Waals surface area contributed by atoms with Gasteiger partial charge in [0.2, 0.25) is 0 Å². The van der Waals surface area contributed by atoms with Gasteiger partial charge in [0.05, 0.1) is 12.3 Å². The van der Waals surface area contributed by atoms with Gasteiger partial charge in [0.25, 0.3) is 0 Å². The number of hydrogen-bond donors (Lipinski definition) is 1. The first-order valence-electron chi connectivity index (χ1n) is 2.53. The number of nitrogens with zero attached hydrogens (tertiary/aromatic N) is 2. The average Bonchev–Trinajstić information content (AvgIpc) is 2.10. The lowest BCUT2D eigenvalue weighted by Gasteiger charge is -1.92. The van der Waals surface area contributed by atoms with Crippen LogP contribution < -0.4 is 0 Å². The van der Waals surface area contributed by atoms with Crippen LogP contribution in [0.4, 0.5) is 0 Å². The fourth-order valence-electron chi connectivity index (χ4n) is 0.615. The van der Waals surface area contributed by atoms with Gasteiger partial charge in [-0.1, -0.05) is 11.6 Å². The van der Waals surface area contributed by atoms with E-state index in [1.807, 2.05) is 0 Å². The summed E-state index contributed by atoms with van der Waals surface area (Å²) in [5.74, 6) is 0. The predicted octanol–water partition coefficient (Wildman–Crippen LogP) is 0.566. The molecule has 0 aliphatic carbocycles. The molecule has 1 aromatic rings. The van der Waals surface area contributed by atoms with Crippen molar-refractivity contribution in [2.75, 3.05) is 0 Å². The number of aromatic nitrogens is 2. The van der Waals surface area contributed by atoms with Crippen molar-refractivity contribution in [3.05, 3.63) is 16.9 Å². The van der Waals surface area contributed by atoms with Crippen LogP contribution >= 0.6 is 11.6 Å². The van der Waals surface area contributed by atoms with Crippen molar-refractivity contribution in [2.24, 2.45) is 7.05 Å². The first-order chi connectivity index (χ1) is 4.24. The number of aryl methyl sites for hydroxylation is 1. The molecule has 0 fully saturated rings. The minimum atomic E-state index is -0.0176. The Kier molecular flexibility index (Phi) is 1.73. The van der Waals surface area contributed by atoms with E-state index in [1.165, 1.54) is 0 Å². The SMILES string of the molecule is Cn1nc(Cl)cc1CO. The van der Waals surface area contributed by atoms with Crippen LogP contribution in [0.15, 0.2) is 6.07 Å². The maximum absolute atomic E-state index is 8.61. The number of hydrogen-bond acceptors (Lipinski definition) is 2. The minimum absolute atomic E-state index is 0.0176. The summed E-state index contributed by atoms with van der Waals surface area (Å²) in [6, 6.07) is 1.63. The Balaban J connectivity index is 3.01. The molecule has 1 aromatic heterocycles. The highest BCUT2D eigenvalue weighted by atomic mass is 35.5. The van der Waals surface area contributed by atoms with E-state index in [4.69, 9.17) is 16.7 Å². The molecule has 9 heavy (non-hydrogen) atoms. The molecule has 1 heterocycles. The molecule has 0 amide bonds. The summed E-state index contributed by atoms with van der Waals surface area (Å²) in [5.41, 5.74) is 0.722. The van der Waals surface area contributed by atoms with Gasteiger partial charge in [0, 0.05) is 13.1 Å². The molecular weight excluding hydrogens is 140 g/mol. The summed E-state index contributed by atoms with van der Waals surface area (Å²) in [6.45, 7) is -0.0176. The Labute approximate surface area is 57.9 Å². The van der Waals surface area contributed by atoms with Gasteiger partial charge in [-0.25, -0.2) is 0 Å². The number of halogens is 1. The summed E-state index contributed by atoms with van der Waals surface area (Å²) < 4.78 is 1.54. The largest absolute Gasteiger partial charge is 0.390 e. The molecule has 1 rings (SSSR count). The Morgan fingerprint density at radius 3 is 2.78 bits per heavy atom. The number of aliphatic hydroxyl groups excluding tert-OH is 1. The van der Waals surface area contributed by atoms with Crippen molar-refractivity contribution >= 4 is 11.6 Å². The molecule has 0 aliphatic heterocycles. The first-order valence-corrected chi connectivity index (χ1v) is 2.91. The third-order valence-electron chi connectivity index (χ3n) is 1.11. The summed E-state index contributed by atoms with van der Waals surface area (Å²) in [7, 11) is 1.73. The van der Waals surface area contributed by atoms with Crippen molar-refractivity contribution in [1.29, 1.82) is 0 Å². The molecule has 1 N–H and O–H groups in total. The van der Waals surface area contributed by atoms with Gasteiger partial charge in [-0.3, -0.25) is 4.68 Å². The molecule has 3 nitrogen and oxygen atoms in total. The molecule has 4 heteroatoms. The van der Waals surface area contributed by atoms with Gasteiger partial charge in [-0.15, -0.1) is 0 Å². The Morgan fingerprint density at radius 2 is 2.56 bits per heavy atom. The second kappa shape index (κ2) is 2.37. The standard InChI is InChI=1S/C5H7ClN2O/c1-8-4(3-9)2-5(6)7-8/h2,9H,3H2,1H3.